The van der Waals surface area contributed by atoms with E-state index in [9.17, 15) is 4.79 Å². The zero-order chi connectivity index (χ0) is 16.2. The average Bonchev–Trinajstić information content (AvgIpc) is 2.52. The van der Waals surface area contributed by atoms with Gasteiger partial charge in [-0.1, -0.05) is 35.9 Å². The van der Waals surface area contributed by atoms with Crippen molar-refractivity contribution in [3.63, 3.8) is 0 Å². The molecule has 1 aliphatic rings. The van der Waals surface area contributed by atoms with E-state index in [0.29, 0.717) is 10.7 Å². The first-order valence-corrected chi connectivity index (χ1v) is 8.03. The van der Waals surface area contributed by atoms with Gasteiger partial charge in [-0.25, -0.2) is 0 Å². The normalized spacial score (nSPS) is 14.7. The molecule has 0 saturated heterocycles. The first-order chi connectivity index (χ1) is 11.1. The van der Waals surface area contributed by atoms with E-state index in [1.807, 2.05) is 18.2 Å². The van der Waals surface area contributed by atoms with E-state index in [4.69, 9.17) is 11.6 Å². The predicted octanol–water partition coefficient (Wildman–Crippen LogP) is 3.98. The lowest BCUT2D eigenvalue weighted by molar-refractivity contribution is -0.111. The molecule has 1 heterocycles. The summed E-state index contributed by atoms with van der Waals surface area (Å²) in [5, 5.41) is 3.41. The third-order valence-electron chi connectivity index (χ3n) is 3.95. The third-order valence-corrected chi connectivity index (χ3v) is 4.19. The highest BCUT2D eigenvalue weighted by atomic mass is 35.5. The predicted molar refractivity (Wildman–Crippen MR) is 95.6 cm³/mol. The number of likely N-dealkylation sites (N-methyl/N-ethyl adjacent to an activating group) is 1. The molecule has 0 atom stereocenters. The molecule has 2 aromatic carbocycles. The van der Waals surface area contributed by atoms with Gasteiger partial charge in [-0.2, -0.15) is 0 Å². The molecular formula is C19H19ClN2O. The number of halogens is 1. The number of nitrogens with one attached hydrogen (secondary N) is 1. The second kappa shape index (κ2) is 6.99. The number of benzene rings is 2. The zero-order valence-corrected chi connectivity index (χ0v) is 13.8. The van der Waals surface area contributed by atoms with E-state index in [-0.39, 0.29) is 5.91 Å². The number of anilines is 1. The summed E-state index contributed by atoms with van der Waals surface area (Å²) < 4.78 is 0. The molecule has 1 amide bonds. The molecule has 0 fully saturated rings. The third kappa shape index (κ3) is 4.21. The minimum absolute atomic E-state index is 0.165. The van der Waals surface area contributed by atoms with E-state index in [2.05, 4.69) is 35.5 Å². The molecule has 0 aliphatic carbocycles. The van der Waals surface area contributed by atoms with Crippen molar-refractivity contribution in [3.8, 4) is 0 Å². The van der Waals surface area contributed by atoms with Gasteiger partial charge in [0.15, 0.2) is 0 Å². The summed E-state index contributed by atoms with van der Waals surface area (Å²) in [6, 6.07) is 13.5. The summed E-state index contributed by atoms with van der Waals surface area (Å²) in [7, 11) is 2.13. The van der Waals surface area contributed by atoms with Crippen molar-refractivity contribution in [3.05, 3.63) is 70.3 Å². The van der Waals surface area contributed by atoms with Crippen LogP contribution in [-0.4, -0.2) is 24.4 Å². The number of carbonyl (C=O) groups is 1. The Labute approximate surface area is 141 Å². The van der Waals surface area contributed by atoms with E-state index in [0.717, 1.165) is 25.1 Å². The smallest absolute Gasteiger partial charge is 0.248 e. The molecule has 0 spiro atoms. The van der Waals surface area contributed by atoms with Gasteiger partial charge < -0.3 is 10.2 Å². The second-order valence-corrected chi connectivity index (χ2v) is 6.29. The van der Waals surface area contributed by atoms with Crippen LogP contribution in [0, 0.1) is 0 Å². The molecule has 118 valence electrons. The lowest BCUT2D eigenvalue weighted by atomic mass is 9.97. The highest BCUT2D eigenvalue weighted by Gasteiger charge is 2.12. The maximum atomic E-state index is 12.0. The Morgan fingerprint density at radius 1 is 1.22 bits per heavy atom. The topological polar surface area (TPSA) is 32.3 Å². The number of rotatable bonds is 3. The van der Waals surface area contributed by atoms with Crippen molar-refractivity contribution in [2.24, 2.45) is 0 Å². The Bertz CT molecular complexity index is 755. The molecule has 2 aromatic rings. The second-order valence-electron chi connectivity index (χ2n) is 5.85. The minimum Gasteiger partial charge on any atom is -0.322 e. The zero-order valence-electron chi connectivity index (χ0n) is 13.1. The van der Waals surface area contributed by atoms with Crippen LogP contribution in [0.4, 0.5) is 5.69 Å². The summed E-state index contributed by atoms with van der Waals surface area (Å²) in [6.07, 6.45) is 4.48. The first-order valence-electron chi connectivity index (χ1n) is 7.65. The molecule has 4 heteroatoms. The Hall–Kier alpha value is -2.10. The lowest BCUT2D eigenvalue weighted by Gasteiger charge is -2.25. The number of nitrogens with zero attached hydrogens (tertiary/aromatic N) is 1. The van der Waals surface area contributed by atoms with Gasteiger partial charge in [0, 0.05) is 29.9 Å². The quantitative estimate of drug-likeness (QED) is 0.865. The van der Waals surface area contributed by atoms with Gasteiger partial charge in [0.25, 0.3) is 0 Å². The van der Waals surface area contributed by atoms with Gasteiger partial charge in [0.2, 0.25) is 5.91 Å². The Morgan fingerprint density at radius 3 is 2.91 bits per heavy atom. The maximum Gasteiger partial charge on any atom is 0.248 e. The van der Waals surface area contributed by atoms with E-state index in [1.165, 1.54) is 11.1 Å². The summed E-state index contributed by atoms with van der Waals surface area (Å²) >= 11 is 5.91. The average molecular weight is 327 g/mol. The molecule has 0 unspecified atom stereocenters. The van der Waals surface area contributed by atoms with Gasteiger partial charge in [-0.3, -0.25) is 4.79 Å². The summed E-state index contributed by atoms with van der Waals surface area (Å²) in [4.78, 5) is 14.3. The van der Waals surface area contributed by atoms with Crippen LogP contribution in [-0.2, 0) is 17.8 Å². The standard InChI is InChI=1S/C19H19ClN2O/c1-22-10-9-15-7-5-14(11-16(15)13-22)6-8-19(23)21-18-4-2-3-17(20)12-18/h2-8,11-12H,9-10,13H2,1H3,(H,21,23)/b8-6+. The fraction of sp³-hybridized carbons (Fsp3) is 0.211. The Balaban J connectivity index is 1.68. The molecule has 0 saturated carbocycles. The number of fused-ring (bicyclic) bond motifs is 1. The molecule has 23 heavy (non-hydrogen) atoms. The Kier molecular flexibility index (Phi) is 4.79. The number of hydrogen-bond acceptors (Lipinski definition) is 2. The van der Waals surface area contributed by atoms with E-state index in [1.54, 1.807) is 18.2 Å². The van der Waals surface area contributed by atoms with Crippen molar-refractivity contribution in [2.45, 2.75) is 13.0 Å². The lowest BCUT2D eigenvalue weighted by Crippen LogP contribution is -2.26. The molecular weight excluding hydrogens is 308 g/mol. The van der Waals surface area contributed by atoms with Crippen molar-refractivity contribution in [1.29, 1.82) is 0 Å². The maximum absolute atomic E-state index is 12.0. The fourth-order valence-corrected chi connectivity index (χ4v) is 2.93. The SMILES string of the molecule is CN1CCc2ccc(/C=C/C(=O)Nc3cccc(Cl)c3)cc2C1. The van der Waals surface area contributed by atoms with Gasteiger partial charge in [0.1, 0.15) is 0 Å². The number of amides is 1. The van der Waals surface area contributed by atoms with Gasteiger partial charge in [-0.05, 0) is 54.4 Å². The summed E-state index contributed by atoms with van der Waals surface area (Å²) in [5.74, 6) is -0.165. The van der Waals surface area contributed by atoms with Crippen LogP contribution >= 0.6 is 11.6 Å². The molecule has 1 N–H and O–H groups in total. The van der Waals surface area contributed by atoms with Crippen molar-refractivity contribution in [1.82, 2.24) is 4.90 Å². The summed E-state index contributed by atoms with van der Waals surface area (Å²) in [5.41, 5.74) is 4.49. The molecule has 3 rings (SSSR count). The molecule has 3 nitrogen and oxygen atoms in total. The monoisotopic (exact) mass is 326 g/mol. The largest absolute Gasteiger partial charge is 0.322 e. The van der Waals surface area contributed by atoms with Crippen molar-refractivity contribution in [2.75, 3.05) is 18.9 Å². The van der Waals surface area contributed by atoms with Crippen molar-refractivity contribution < 1.29 is 4.79 Å². The van der Waals surface area contributed by atoms with Crippen LogP contribution < -0.4 is 5.32 Å². The van der Waals surface area contributed by atoms with Crippen LogP contribution in [0.5, 0.6) is 0 Å². The molecule has 0 bridgehead atoms. The summed E-state index contributed by atoms with van der Waals surface area (Å²) in [6.45, 7) is 2.07. The molecule has 1 aliphatic heterocycles. The minimum atomic E-state index is -0.165. The van der Waals surface area contributed by atoms with E-state index < -0.39 is 0 Å². The van der Waals surface area contributed by atoms with Crippen LogP contribution in [0.25, 0.3) is 6.08 Å². The van der Waals surface area contributed by atoms with Crippen LogP contribution in [0.1, 0.15) is 16.7 Å². The molecule has 0 radical (unpaired) electrons. The highest BCUT2D eigenvalue weighted by Crippen LogP contribution is 2.20. The van der Waals surface area contributed by atoms with Gasteiger partial charge in [-0.15, -0.1) is 0 Å². The Morgan fingerprint density at radius 2 is 2.09 bits per heavy atom. The highest BCUT2D eigenvalue weighted by molar-refractivity contribution is 6.30. The van der Waals surface area contributed by atoms with Gasteiger partial charge in [0.05, 0.1) is 0 Å². The number of hydrogen-bond donors (Lipinski definition) is 1. The molecule has 0 aromatic heterocycles. The number of carbonyl (C=O) groups excluding carboxylic acids is 1. The van der Waals surface area contributed by atoms with Crippen LogP contribution in [0.15, 0.2) is 48.5 Å². The van der Waals surface area contributed by atoms with Crippen LogP contribution in [0.2, 0.25) is 5.02 Å². The van der Waals surface area contributed by atoms with Crippen molar-refractivity contribution >= 4 is 29.3 Å². The van der Waals surface area contributed by atoms with Gasteiger partial charge >= 0.3 is 0 Å². The van der Waals surface area contributed by atoms with E-state index >= 15 is 0 Å². The van der Waals surface area contributed by atoms with Crippen LogP contribution in [0.3, 0.4) is 0 Å². The fourth-order valence-electron chi connectivity index (χ4n) is 2.74. The first kappa shape index (κ1) is 15.8.